The zero-order chi connectivity index (χ0) is 14.1. The second kappa shape index (κ2) is 9.70. The summed E-state index contributed by atoms with van der Waals surface area (Å²) in [6, 6.07) is 1.36. The van der Waals surface area contributed by atoms with E-state index >= 15 is 0 Å². The molecule has 1 fully saturated rings. The van der Waals surface area contributed by atoms with Crippen LogP contribution in [0.2, 0.25) is 0 Å². The molecule has 2 atom stereocenters. The van der Waals surface area contributed by atoms with Crippen LogP contribution in [0.15, 0.2) is 0 Å². The first-order valence-corrected chi connectivity index (χ1v) is 7.91. The molecule has 0 aliphatic carbocycles. The maximum Gasteiger partial charge on any atom is 0.0477 e. The van der Waals surface area contributed by atoms with Gasteiger partial charge in [-0.25, -0.2) is 0 Å². The van der Waals surface area contributed by atoms with Crippen LogP contribution in [0.4, 0.5) is 0 Å². The third-order valence-corrected chi connectivity index (χ3v) is 4.19. The van der Waals surface area contributed by atoms with Gasteiger partial charge in [-0.05, 0) is 40.3 Å². The van der Waals surface area contributed by atoms with E-state index < -0.39 is 0 Å². The summed E-state index contributed by atoms with van der Waals surface area (Å²) in [5.41, 5.74) is 0. The van der Waals surface area contributed by atoms with Crippen LogP contribution >= 0.6 is 0 Å². The lowest BCUT2D eigenvalue weighted by molar-refractivity contribution is 0.0672. The van der Waals surface area contributed by atoms with Gasteiger partial charge in [-0.3, -0.25) is 4.90 Å². The highest BCUT2D eigenvalue weighted by Crippen LogP contribution is 2.12. The van der Waals surface area contributed by atoms with E-state index in [0.717, 1.165) is 38.8 Å². The van der Waals surface area contributed by atoms with Gasteiger partial charge in [-0.1, -0.05) is 6.92 Å². The van der Waals surface area contributed by atoms with Gasteiger partial charge in [-0.2, -0.15) is 0 Å². The molecule has 0 spiro atoms. The molecule has 1 heterocycles. The highest BCUT2D eigenvalue weighted by molar-refractivity contribution is 4.82. The zero-order valence-electron chi connectivity index (χ0n) is 13.3. The molecule has 4 nitrogen and oxygen atoms in total. The molecule has 0 radical (unpaired) electrons. The van der Waals surface area contributed by atoms with Crippen LogP contribution < -0.4 is 5.32 Å². The molecule has 2 unspecified atom stereocenters. The van der Waals surface area contributed by atoms with Crippen molar-refractivity contribution in [2.45, 2.75) is 45.7 Å². The fraction of sp³-hybridized carbons (Fsp3) is 1.00. The number of hydrogen-bond acceptors (Lipinski definition) is 4. The van der Waals surface area contributed by atoms with E-state index in [0.29, 0.717) is 6.04 Å². The van der Waals surface area contributed by atoms with Crippen LogP contribution in [0, 0.1) is 0 Å². The van der Waals surface area contributed by atoms with Crippen molar-refractivity contribution in [1.29, 1.82) is 0 Å². The second-order valence-corrected chi connectivity index (χ2v) is 5.64. The Balaban J connectivity index is 2.13. The number of likely N-dealkylation sites (N-methyl/N-ethyl adjacent to an activating group) is 1. The third kappa shape index (κ3) is 6.21. The molecule has 1 N–H and O–H groups in total. The first-order chi connectivity index (χ1) is 9.19. The van der Waals surface area contributed by atoms with E-state index in [4.69, 9.17) is 4.74 Å². The number of hydrogen-bond donors (Lipinski definition) is 1. The summed E-state index contributed by atoms with van der Waals surface area (Å²) >= 11 is 0. The molecule has 19 heavy (non-hydrogen) atoms. The molecule has 114 valence electrons. The quantitative estimate of drug-likeness (QED) is 0.642. The van der Waals surface area contributed by atoms with Crippen LogP contribution in [0.3, 0.4) is 0 Å². The van der Waals surface area contributed by atoms with Crippen LogP contribution in [-0.4, -0.2) is 74.9 Å². The summed E-state index contributed by atoms with van der Waals surface area (Å²) in [5, 5.41) is 3.55. The summed E-state index contributed by atoms with van der Waals surface area (Å²) in [6.07, 6.45) is 2.36. The molecule has 0 saturated carbocycles. The summed E-state index contributed by atoms with van der Waals surface area (Å²) in [4.78, 5) is 5.13. The fourth-order valence-electron chi connectivity index (χ4n) is 2.69. The number of nitrogens with one attached hydrogen (secondary N) is 1. The predicted molar refractivity (Wildman–Crippen MR) is 81.7 cm³/mol. The van der Waals surface area contributed by atoms with Crippen LogP contribution in [0.5, 0.6) is 0 Å². The van der Waals surface area contributed by atoms with Gasteiger partial charge in [0, 0.05) is 51.5 Å². The molecule has 0 aromatic heterocycles. The number of piperazine rings is 1. The summed E-state index contributed by atoms with van der Waals surface area (Å²) in [5.74, 6) is 0. The summed E-state index contributed by atoms with van der Waals surface area (Å²) in [7, 11) is 2.25. The van der Waals surface area contributed by atoms with Gasteiger partial charge >= 0.3 is 0 Å². The van der Waals surface area contributed by atoms with Gasteiger partial charge in [0.1, 0.15) is 0 Å². The Morgan fingerprint density at radius 3 is 2.79 bits per heavy atom. The molecule has 0 aromatic carbocycles. The van der Waals surface area contributed by atoms with Crippen molar-refractivity contribution in [2.24, 2.45) is 0 Å². The van der Waals surface area contributed by atoms with E-state index in [1.807, 2.05) is 6.92 Å². The maximum absolute atomic E-state index is 5.34. The molecule has 0 amide bonds. The van der Waals surface area contributed by atoms with E-state index in [1.165, 1.54) is 26.1 Å². The SMILES string of the molecule is CCOCCCNCC(C)N1CCN(C)C(CC)C1. The first kappa shape index (κ1) is 16.9. The van der Waals surface area contributed by atoms with E-state index in [-0.39, 0.29) is 0 Å². The van der Waals surface area contributed by atoms with Crippen molar-refractivity contribution in [3.05, 3.63) is 0 Å². The molecule has 1 aliphatic rings. The lowest BCUT2D eigenvalue weighted by Crippen LogP contribution is -2.55. The van der Waals surface area contributed by atoms with E-state index in [2.05, 4.69) is 36.0 Å². The van der Waals surface area contributed by atoms with Crippen molar-refractivity contribution in [3.63, 3.8) is 0 Å². The van der Waals surface area contributed by atoms with Crippen LogP contribution in [0.1, 0.15) is 33.6 Å². The topological polar surface area (TPSA) is 27.7 Å². The van der Waals surface area contributed by atoms with Crippen molar-refractivity contribution < 1.29 is 4.74 Å². The predicted octanol–water partition coefficient (Wildman–Crippen LogP) is 1.42. The molecule has 4 heteroatoms. The third-order valence-electron chi connectivity index (χ3n) is 4.19. The second-order valence-electron chi connectivity index (χ2n) is 5.64. The van der Waals surface area contributed by atoms with Gasteiger partial charge in [0.05, 0.1) is 0 Å². The van der Waals surface area contributed by atoms with Gasteiger partial charge in [-0.15, -0.1) is 0 Å². The zero-order valence-corrected chi connectivity index (χ0v) is 13.3. The Morgan fingerprint density at radius 2 is 2.11 bits per heavy atom. The molecule has 1 saturated heterocycles. The van der Waals surface area contributed by atoms with Crippen LogP contribution in [0.25, 0.3) is 0 Å². The average molecular weight is 271 g/mol. The Bertz CT molecular complexity index is 225. The standard InChI is InChI=1S/C15H33N3O/c1-5-15-13-18(10-9-17(15)4)14(3)12-16-8-7-11-19-6-2/h14-16H,5-13H2,1-4H3. The average Bonchev–Trinajstić information content (AvgIpc) is 2.43. The maximum atomic E-state index is 5.34. The highest BCUT2D eigenvalue weighted by Gasteiger charge is 2.25. The number of ether oxygens (including phenoxy) is 1. The van der Waals surface area contributed by atoms with Gasteiger partial charge < -0.3 is 15.0 Å². The van der Waals surface area contributed by atoms with Crippen LogP contribution in [-0.2, 0) is 4.74 Å². The molecular formula is C15H33N3O. The minimum atomic E-state index is 0.634. The van der Waals surface area contributed by atoms with Crippen molar-refractivity contribution in [2.75, 3.05) is 53.0 Å². The largest absolute Gasteiger partial charge is 0.382 e. The molecular weight excluding hydrogens is 238 g/mol. The first-order valence-electron chi connectivity index (χ1n) is 7.91. The van der Waals surface area contributed by atoms with Crippen molar-refractivity contribution in [1.82, 2.24) is 15.1 Å². The lowest BCUT2D eigenvalue weighted by atomic mass is 10.1. The minimum absolute atomic E-state index is 0.634. The monoisotopic (exact) mass is 271 g/mol. The van der Waals surface area contributed by atoms with Gasteiger partial charge in [0.15, 0.2) is 0 Å². The Morgan fingerprint density at radius 1 is 1.32 bits per heavy atom. The Labute approximate surface area is 119 Å². The lowest BCUT2D eigenvalue weighted by Gasteiger charge is -2.42. The van der Waals surface area contributed by atoms with E-state index in [9.17, 15) is 0 Å². The smallest absolute Gasteiger partial charge is 0.0477 e. The van der Waals surface area contributed by atoms with Crippen molar-refractivity contribution >= 4 is 0 Å². The molecule has 1 rings (SSSR count). The van der Waals surface area contributed by atoms with Crippen molar-refractivity contribution in [3.8, 4) is 0 Å². The summed E-state index contributed by atoms with van der Waals surface area (Å²) in [6.45, 7) is 14.2. The number of nitrogens with zero attached hydrogens (tertiary/aromatic N) is 2. The molecule has 0 aromatic rings. The van der Waals surface area contributed by atoms with Gasteiger partial charge in [0.25, 0.3) is 0 Å². The molecule has 1 aliphatic heterocycles. The Kier molecular flexibility index (Phi) is 8.62. The normalized spacial score (nSPS) is 23.7. The number of rotatable bonds is 9. The highest BCUT2D eigenvalue weighted by atomic mass is 16.5. The minimum Gasteiger partial charge on any atom is -0.382 e. The fourth-order valence-corrected chi connectivity index (χ4v) is 2.69. The van der Waals surface area contributed by atoms with Gasteiger partial charge in [0.2, 0.25) is 0 Å². The summed E-state index contributed by atoms with van der Waals surface area (Å²) < 4.78 is 5.34. The molecule has 0 bridgehead atoms. The van der Waals surface area contributed by atoms with E-state index in [1.54, 1.807) is 0 Å². The Hall–Kier alpha value is -0.160.